The number of nitrogens with two attached hydrogens (primary N) is 1. The normalized spacial score (nSPS) is 12.0. The van der Waals surface area contributed by atoms with E-state index in [1.807, 2.05) is 20.8 Å². The molecule has 0 saturated carbocycles. The molecule has 0 aliphatic heterocycles. The second-order valence-corrected chi connectivity index (χ2v) is 3.96. The lowest BCUT2D eigenvalue weighted by Gasteiger charge is -2.14. The van der Waals surface area contributed by atoms with Gasteiger partial charge in [0.2, 0.25) is 11.9 Å². The molecule has 1 aromatic heterocycles. The lowest BCUT2D eigenvalue weighted by Crippen LogP contribution is -2.24. The molecule has 0 aromatic carbocycles. The van der Waals surface area contributed by atoms with Crippen LogP contribution in [0.5, 0.6) is 6.01 Å². The number of aromatic nitrogens is 3. The van der Waals surface area contributed by atoms with E-state index in [9.17, 15) is 0 Å². The van der Waals surface area contributed by atoms with Crippen molar-refractivity contribution in [1.82, 2.24) is 15.0 Å². The molecular weight excluding hydrogens is 248 g/mol. The number of nitrogens with one attached hydrogen (secondary N) is 2. The van der Waals surface area contributed by atoms with Crippen molar-refractivity contribution in [1.29, 1.82) is 0 Å². The zero-order valence-electron chi connectivity index (χ0n) is 11.6. The number of hydrogen-bond acceptors (Lipinski definition) is 8. The molecular formula is C11H22N6O2. The van der Waals surface area contributed by atoms with Crippen molar-refractivity contribution in [2.75, 3.05) is 30.6 Å². The molecule has 0 aliphatic carbocycles. The van der Waals surface area contributed by atoms with Crippen LogP contribution >= 0.6 is 0 Å². The minimum absolute atomic E-state index is 0.0759. The molecule has 0 radical (unpaired) electrons. The number of hydrogen-bond donors (Lipinski definition) is 3. The van der Waals surface area contributed by atoms with Crippen molar-refractivity contribution in [3.63, 3.8) is 0 Å². The molecule has 1 aromatic rings. The predicted octanol–water partition coefficient (Wildman–Crippen LogP) is 0.783. The van der Waals surface area contributed by atoms with Gasteiger partial charge in [-0.15, -0.1) is 0 Å². The summed E-state index contributed by atoms with van der Waals surface area (Å²) in [6.07, 6.45) is 0.876. The standard InChI is InChI=1S/C11H22N6O2/c1-4-6-19-11-15-9(14-10(16-11)17-12)13-8(3)7-18-5-2/h8H,4-7,12H2,1-3H3,(H2,13,14,15,16,17). The Balaban J connectivity index is 2.69. The van der Waals surface area contributed by atoms with Crippen molar-refractivity contribution in [3.05, 3.63) is 0 Å². The maximum atomic E-state index is 5.37. The quantitative estimate of drug-likeness (QED) is 0.446. The summed E-state index contributed by atoms with van der Waals surface area (Å²) in [5.41, 5.74) is 2.39. The third kappa shape index (κ3) is 5.66. The molecule has 8 heteroatoms. The predicted molar refractivity (Wildman–Crippen MR) is 73.0 cm³/mol. The van der Waals surface area contributed by atoms with Gasteiger partial charge in [-0.3, -0.25) is 5.43 Å². The van der Waals surface area contributed by atoms with E-state index >= 15 is 0 Å². The van der Waals surface area contributed by atoms with E-state index in [4.69, 9.17) is 15.3 Å². The molecule has 8 nitrogen and oxygen atoms in total. The van der Waals surface area contributed by atoms with Crippen LogP contribution in [0.15, 0.2) is 0 Å². The summed E-state index contributed by atoms with van der Waals surface area (Å²) in [5, 5.41) is 3.11. The first-order valence-electron chi connectivity index (χ1n) is 6.39. The Kier molecular flexibility index (Phi) is 6.83. The second kappa shape index (κ2) is 8.44. The van der Waals surface area contributed by atoms with E-state index in [-0.39, 0.29) is 18.0 Å². The van der Waals surface area contributed by atoms with E-state index in [1.165, 1.54) is 0 Å². The van der Waals surface area contributed by atoms with Crippen LogP contribution in [0.1, 0.15) is 27.2 Å². The van der Waals surface area contributed by atoms with Crippen LogP contribution in [0, 0.1) is 0 Å². The first-order chi connectivity index (χ1) is 9.19. The van der Waals surface area contributed by atoms with Gasteiger partial charge in [0.15, 0.2) is 0 Å². The number of nitrogens with zero attached hydrogens (tertiary/aromatic N) is 3. The van der Waals surface area contributed by atoms with Crippen LogP contribution in [-0.2, 0) is 4.74 Å². The maximum Gasteiger partial charge on any atom is 0.323 e. The summed E-state index contributed by atoms with van der Waals surface area (Å²) in [6.45, 7) is 7.71. The van der Waals surface area contributed by atoms with Gasteiger partial charge >= 0.3 is 6.01 Å². The first kappa shape index (κ1) is 15.4. The molecule has 0 fully saturated rings. The molecule has 1 rings (SSSR count). The molecule has 19 heavy (non-hydrogen) atoms. The lowest BCUT2D eigenvalue weighted by atomic mass is 10.4. The molecule has 0 bridgehead atoms. The Morgan fingerprint density at radius 1 is 1.21 bits per heavy atom. The highest BCUT2D eigenvalue weighted by Crippen LogP contribution is 2.11. The Bertz CT molecular complexity index is 376. The number of rotatable bonds is 9. The van der Waals surface area contributed by atoms with Crippen LogP contribution in [0.3, 0.4) is 0 Å². The zero-order chi connectivity index (χ0) is 14.1. The van der Waals surface area contributed by atoms with Gasteiger partial charge in [0.1, 0.15) is 0 Å². The van der Waals surface area contributed by atoms with Crippen LogP contribution in [0.25, 0.3) is 0 Å². The van der Waals surface area contributed by atoms with Crippen molar-refractivity contribution in [3.8, 4) is 6.01 Å². The SMILES string of the molecule is CCCOc1nc(NN)nc(NC(C)COCC)n1. The summed E-state index contributed by atoms with van der Waals surface area (Å²) in [4.78, 5) is 12.3. The van der Waals surface area contributed by atoms with Crippen molar-refractivity contribution < 1.29 is 9.47 Å². The number of nitrogen functional groups attached to an aromatic ring is 1. The number of anilines is 2. The largest absolute Gasteiger partial charge is 0.463 e. The van der Waals surface area contributed by atoms with Gasteiger partial charge in [0.25, 0.3) is 0 Å². The highest BCUT2D eigenvalue weighted by atomic mass is 16.5. The molecule has 1 heterocycles. The third-order valence-electron chi connectivity index (χ3n) is 2.13. The molecule has 0 spiro atoms. The Hall–Kier alpha value is -1.67. The van der Waals surface area contributed by atoms with E-state index in [0.717, 1.165) is 6.42 Å². The van der Waals surface area contributed by atoms with E-state index in [2.05, 4.69) is 25.7 Å². The molecule has 108 valence electrons. The van der Waals surface area contributed by atoms with Gasteiger partial charge in [-0.2, -0.15) is 15.0 Å². The average molecular weight is 270 g/mol. The summed E-state index contributed by atoms with van der Waals surface area (Å²) in [7, 11) is 0. The summed E-state index contributed by atoms with van der Waals surface area (Å²) in [5.74, 6) is 5.98. The van der Waals surface area contributed by atoms with Gasteiger partial charge in [0.05, 0.1) is 13.2 Å². The van der Waals surface area contributed by atoms with E-state index in [1.54, 1.807) is 0 Å². The first-order valence-corrected chi connectivity index (χ1v) is 6.39. The van der Waals surface area contributed by atoms with Crippen LogP contribution < -0.4 is 21.3 Å². The van der Waals surface area contributed by atoms with Gasteiger partial charge in [0, 0.05) is 12.6 Å². The molecule has 0 aliphatic rings. The van der Waals surface area contributed by atoms with Gasteiger partial charge in [-0.1, -0.05) is 6.92 Å². The Morgan fingerprint density at radius 3 is 2.58 bits per heavy atom. The van der Waals surface area contributed by atoms with Crippen LogP contribution in [0.2, 0.25) is 0 Å². The average Bonchev–Trinajstić information content (AvgIpc) is 2.42. The smallest absolute Gasteiger partial charge is 0.323 e. The van der Waals surface area contributed by atoms with E-state index < -0.39 is 0 Å². The fraction of sp³-hybridized carbons (Fsp3) is 0.727. The maximum absolute atomic E-state index is 5.37. The van der Waals surface area contributed by atoms with Crippen LogP contribution in [-0.4, -0.2) is 40.8 Å². The Labute approximate surface area is 113 Å². The summed E-state index contributed by atoms with van der Waals surface area (Å²) >= 11 is 0. The second-order valence-electron chi connectivity index (χ2n) is 3.96. The monoisotopic (exact) mass is 270 g/mol. The topological polar surface area (TPSA) is 107 Å². The van der Waals surface area contributed by atoms with Gasteiger partial charge in [-0.05, 0) is 20.3 Å². The van der Waals surface area contributed by atoms with Gasteiger partial charge < -0.3 is 14.8 Å². The molecule has 0 saturated heterocycles. The number of hydrazine groups is 1. The molecule has 0 amide bonds. The highest BCUT2D eigenvalue weighted by molar-refractivity contribution is 5.35. The zero-order valence-corrected chi connectivity index (χ0v) is 11.6. The van der Waals surface area contributed by atoms with E-state index in [0.29, 0.717) is 25.8 Å². The van der Waals surface area contributed by atoms with Crippen molar-refractivity contribution in [2.45, 2.75) is 33.2 Å². The third-order valence-corrected chi connectivity index (χ3v) is 2.13. The molecule has 4 N–H and O–H groups in total. The van der Waals surface area contributed by atoms with Crippen LogP contribution in [0.4, 0.5) is 11.9 Å². The summed E-state index contributed by atoms with van der Waals surface area (Å²) < 4.78 is 10.7. The fourth-order valence-electron chi connectivity index (χ4n) is 1.30. The van der Waals surface area contributed by atoms with Crippen molar-refractivity contribution >= 4 is 11.9 Å². The fourth-order valence-corrected chi connectivity index (χ4v) is 1.30. The minimum atomic E-state index is 0.0759. The molecule has 1 atom stereocenters. The Morgan fingerprint density at radius 2 is 1.95 bits per heavy atom. The molecule has 1 unspecified atom stereocenters. The summed E-state index contributed by atoms with van der Waals surface area (Å²) in [6, 6.07) is 0.322. The minimum Gasteiger partial charge on any atom is -0.463 e. The highest BCUT2D eigenvalue weighted by Gasteiger charge is 2.09. The number of ether oxygens (including phenoxy) is 2. The van der Waals surface area contributed by atoms with Crippen molar-refractivity contribution in [2.24, 2.45) is 5.84 Å². The van der Waals surface area contributed by atoms with Gasteiger partial charge in [-0.25, -0.2) is 5.84 Å². The lowest BCUT2D eigenvalue weighted by molar-refractivity contribution is 0.141.